The van der Waals surface area contributed by atoms with Crippen molar-refractivity contribution in [2.75, 3.05) is 14.2 Å². The largest absolute Gasteiger partial charge is 0.497 e. The molecule has 20 heavy (non-hydrogen) atoms. The highest BCUT2D eigenvalue weighted by Gasteiger charge is 2.14. The molecule has 2 aromatic rings. The van der Waals surface area contributed by atoms with E-state index in [1.54, 1.807) is 7.11 Å². The van der Waals surface area contributed by atoms with Gasteiger partial charge in [-0.1, -0.05) is 15.9 Å². The summed E-state index contributed by atoms with van der Waals surface area (Å²) in [6.45, 7) is 2.11. The summed E-state index contributed by atoms with van der Waals surface area (Å²) in [6.07, 6.45) is 4.64. The van der Waals surface area contributed by atoms with Gasteiger partial charge in [0.05, 0.1) is 7.11 Å². The number of methoxy groups -OCH3 is 1. The lowest BCUT2D eigenvalue weighted by Gasteiger charge is -2.19. The third-order valence-electron chi connectivity index (χ3n) is 3.48. The van der Waals surface area contributed by atoms with Gasteiger partial charge < -0.3 is 10.1 Å². The average Bonchev–Trinajstić information content (AvgIpc) is 2.47. The molecular formula is C16H19BrN2O. The van der Waals surface area contributed by atoms with Crippen molar-refractivity contribution in [3.05, 3.63) is 57.8 Å². The Hall–Kier alpha value is -1.39. The van der Waals surface area contributed by atoms with Gasteiger partial charge in [0.1, 0.15) is 5.75 Å². The van der Waals surface area contributed by atoms with Crippen LogP contribution in [0.25, 0.3) is 0 Å². The number of likely N-dealkylation sites (N-methyl/N-ethyl adjacent to an activating group) is 1. The topological polar surface area (TPSA) is 34.1 Å². The zero-order valence-corrected chi connectivity index (χ0v) is 13.6. The normalized spacial score (nSPS) is 12.2. The number of hydrogen-bond donors (Lipinski definition) is 1. The quantitative estimate of drug-likeness (QED) is 0.905. The minimum Gasteiger partial charge on any atom is -0.497 e. The summed E-state index contributed by atoms with van der Waals surface area (Å²) >= 11 is 3.61. The number of aryl methyl sites for hydroxylation is 1. The van der Waals surface area contributed by atoms with E-state index in [2.05, 4.69) is 39.2 Å². The van der Waals surface area contributed by atoms with Crippen molar-refractivity contribution in [3.8, 4) is 5.75 Å². The number of pyridine rings is 1. The van der Waals surface area contributed by atoms with Crippen LogP contribution < -0.4 is 10.1 Å². The summed E-state index contributed by atoms with van der Waals surface area (Å²) in [6, 6.07) is 8.32. The van der Waals surface area contributed by atoms with Crippen LogP contribution in [0.15, 0.2) is 41.1 Å². The fourth-order valence-corrected chi connectivity index (χ4v) is 2.67. The Morgan fingerprint density at radius 1 is 1.35 bits per heavy atom. The molecule has 0 bridgehead atoms. The van der Waals surface area contributed by atoms with Gasteiger partial charge in [-0.25, -0.2) is 0 Å². The first-order chi connectivity index (χ1) is 9.65. The molecule has 1 aromatic carbocycles. The van der Waals surface area contributed by atoms with Crippen molar-refractivity contribution in [2.45, 2.75) is 19.4 Å². The predicted molar refractivity (Wildman–Crippen MR) is 85.2 cm³/mol. The van der Waals surface area contributed by atoms with E-state index in [0.717, 1.165) is 16.6 Å². The van der Waals surface area contributed by atoms with Crippen molar-refractivity contribution in [1.82, 2.24) is 10.3 Å². The maximum Gasteiger partial charge on any atom is 0.119 e. The Balaban J connectivity index is 2.29. The molecule has 0 aliphatic heterocycles. The Morgan fingerprint density at radius 3 is 2.80 bits per heavy atom. The predicted octanol–water partition coefficient (Wildman–Crippen LogP) is 3.66. The number of benzene rings is 1. The van der Waals surface area contributed by atoms with Crippen molar-refractivity contribution in [2.24, 2.45) is 0 Å². The molecule has 106 valence electrons. The summed E-state index contributed by atoms with van der Waals surface area (Å²) in [7, 11) is 3.67. The summed E-state index contributed by atoms with van der Waals surface area (Å²) in [4.78, 5) is 4.24. The minimum atomic E-state index is 0.229. The molecule has 2 rings (SSSR count). The Labute approximate surface area is 128 Å². The lowest BCUT2D eigenvalue weighted by molar-refractivity contribution is 0.413. The molecule has 0 spiro atoms. The first kappa shape index (κ1) is 15.0. The zero-order chi connectivity index (χ0) is 14.5. The second-order valence-electron chi connectivity index (χ2n) is 4.73. The van der Waals surface area contributed by atoms with Crippen LogP contribution in [0.2, 0.25) is 0 Å². The Kier molecular flexibility index (Phi) is 5.15. The van der Waals surface area contributed by atoms with Crippen molar-refractivity contribution >= 4 is 15.9 Å². The van der Waals surface area contributed by atoms with Crippen LogP contribution in [-0.4, -0.2) is 19.1 Å². The number of nitrogens with zero attached hydrogens (tertiary/aromatic N) is 1. The molecule has 3 nitrogen and oxygen atoms in total. The molecule has 0 radical (unpaired) electrons. The fraction of sp³-hybridized carbons (Fsp3) is 0.312. The van der Waals surface area contributed by atoms with Crippen LogP contribution in [0.3, 0.4) is 0 Å². The summed E-state index contributed by atoms with van der Waals surface area (Å²) in [5.74, 6) is 0.876. The molecule has 1 unspecified atom stereocenters. The van der Waals surface area contributed by atoms with Crippen molar-refractivity contribution < 1.29 is 4.74 Å². The standard InChI is InChI=1S/C16H19BrN2O/c1-11-6-7-19-10-14(11)16(18-2)9-12-8-13(20-3)4-5-15(12)17/h4-8,10,16,18H,9H2,1-3H3. The van der Waals surface area contributed by atoms with Crippen LogP contribution >= 0.6 is 15.9 Å². The molecule has 0 amide bonds. The second kappa shape index (κ2) is 6.86. The van der Waals surface area contributed by atoms with Crippen molar-refractivity contribution in [3.63, 3.8) is 0 Å². The van der Waals surface area contributed by atoms with Gasteiger partial charge in [0.25, 0.3) is 0 Å². The number of ether oxygens (including phenoxy) is 1. The van der Waals surface area contributed by atoms with E-state index in [1.165, 1.54) is 16.7 Å². The number of hydrogen-bond acceptors (Lipinski definition) is 3. The lowest BCUT2D eigenvalue weighted by Crippen LogP contribution is -2.20. The highest BCUT2D eigenvalue weighted by Crippen LogP contribution is 2.28. The number of aromatic nitrogens is 1. The van der Waals surface area contributed by atoms with Gasteiger partial charge in [-0.2, -0.15) is 0 Å². The second-order valence-corrected chi connectivity index (χ2v) is 5.59. The molecule has 0 saturated heterocycles. The van der Waals surface area contributed by atoms with Gasteiger partial charge in [0, 0.05) is 22.9 Å². The molecule has 1 heterocycles. The third kappa shape index (κ3) is 3.38. The molecule has 0 saturated carbocycles. The third-order valence-corrected chi connectivity index (χ3v) is 4.25. The van der Waals surface area contributed by atoms with Gasteiger partial charge in [-0.05, 0) is 61.3 Å². The maximum atomic E-state index is 5.30. The molecule has 1 atom stereocenters. The maximum absolute atomic E-state index is 5.30. The van der Waals surface area contributed by atoms with E-state index in [0.29, 0.717) is 0 Å². The van der Waals surface area contributed by atoms with Crippen LogP contribution in [0, 0.1) is 6.92 Å². The smallest absolute Gasteiger partial charge is 0.119 e. The Morgan fingerprint density at radius 2 is 2.15 bits per heavy atom. The zero-order valence-electron chi connectivity index (χ0n) is 12.0. The highest BCUT2D eigenvalue weighted by atomic mass is 79.9. The van der Waals surface area contributed by atoms with Crippen LogP contribution in [0.5, 0.6) is 5.75 Å². The van der Waals surface area contributed by atoms with Gasteiger partial charge in [0.15, 0.2) is 0 Å². The van der Waals surface area contributed by atoms with Gasteiger partial charge >= 0.3 is 0 Å². The van der Waals surface area contributed by atoms with Gasteiger partial charge in [-0.3, -0.25) is 4.98 Å². The van der Waals surface area contributed by atoms with E-state index in [4.69, 9.17) is 4.74 Å². The first-order valence-electron chi connectivity index (χ1n) is 6.56. The van der Waals surface area contributed by atoms with E-state index in [9.17, 15) is 0 Å². The molecular weight excluding hydrogens is 316 g/mol. The first-order valence-corrected chi connectivity index (χ1v) is 7.35. The number of rotatable bonds is 5. The minimum absolute atomic E-state index is 0.229. The Bertz CT molecular complexity index is 586. The molecule has 0 aliphatic rings. The van der Waals surface area contributed by atoms with Crippen LogP contribution in [0.4, 0.5) is 0 Å². The summed E-state index contributed by atoms with van der Waals surface area (Å²) in [5.41, 5.74) is 3.69. The number of nitrogens with one attached hydrogen (secondary N) is 1. The molecule has 0 fully saturated rings. The van der Waals surface area contributed by atoms with E-state index in [1.807, 2.05) is 37.6 Å². The number of halogens is 1. The molecule has 1 N–H and O–H groups in total. The monoisotopic (exact) mass is 334 g/mol. The van der Waals surface area contributed by atoms with Crippen molar-refractivity contribution in [1.29, 1.82) is 0 Å². The van der Waals surface area contributed by atoms with Gasteiger partial charge in [0.2, 0.25) is 0 Å². The average molecular weight is 335 g/mol. The fourth-order valence-electron chi connectivity index (χ4n) is 2.26. The van der Waals surface area contributed by atoms with E-state index < -0.39 is 0 Å². The molecule has 4 heteroatoms. The van der Waals surface area contributed by atoms with E-state index >= 15 is 0 Å². The van der Waals surface area contributed by atoms with E-state index in [-0.39, 0.29) is 6.04 Å². The van der Waals surface area contributed by atoms with Gasteiger partial charge in [-0.15, -0.1) is 0 Å². The highest BCUT2D eigenvalue weighted by molar-refractivity contribution is 9.10. The SMILES string of the molecule is CNC(Cc1cc(OC)ccc1Br)c1cnccc1C. The summed E-state index contributed by atoms with van der Waals surface area (Å²) in [5, 5.41) is 3.37. The van der Waals surface area contributed by atoms with Crippen LogP contribution in [-0.2, 0) is 6.42 Å². The molecule has 1 aromatic heterocycles. The lowest BCUT2D eigenvalue weighted by atomic mass is 9.97. The summed E-state index contributed by atoms with van der Waals surface area (Å²) < 4.78 is 6.40. The molecule has 0 aliphatic carbocycles. The van der Waals surface area contributed by atoms with Crippen LogP contribution in [0.1, 0.15) is 22.7 Å².